The Morgan fingerprint density at radius 3 is 1.77 bits per heavy atom. The molecule has 0 amide bonds. The molecule has 0 aliphatic carbocycles. The fourth-order valence-electron chi connectivity index (χ4n) is 2.80. The molecule has 0 bridgehead atoms. The van der Waals surface area contributed by atoms with Gasteiger partial charge in [-0.15, -0.1) is 0 Å². The van der Waals surface area contributed by atoms with E-state index in [1.807, 2.05) is 13.0 Å². The van der Waals surface area contributed by atoms with Crippen molar-refractivity contribution in [2.45, 2.75) is 79.5 Å². The topological polar surface area (TPSA) is 26.3 Å². The molecule has 22 heavy (non-hydrogen) atoms. The average Bonchev–Trinajstić information content (AvgIpc) is 2.52. The summed E-state index contributed by atoms with van der Waals surface area (Å²) in [5, 5.41) is 0. The summed E-state index contributed by atoms with van der Waals surface area (Å²) in [6.07, 6.45) is 13.6. The van der Waals surface area contributed by atoms with Gasteiger partial charge in [0.25, 0.3) is 0 Å². The molecule has 0 fully saturated rings. The Hall–Kier alpha value is -0.251. The molecule has 0 heterocycles. The van der Waals surface area contributed by atoms with E-state index in [1.165, 1.54) is 51.8 Å². The van der Waals surface area contributed by atoms with Crippen LogP contribution in [0.25, 0.3) is 0 Å². The van der Waals surface area contributed by atoms with E-state index < -0.39 is 18.4 Å². The zero-order valence-corrected chi connectivity index (χ0v) is 18.1. The van der Waals surface area contributed by atoms with Crippen LogP contribution in [-0.4, -0.2) is 31.0 Å². The van der Waals surface area contributed by atoms with Gasteiger partial charge in [-0.1, -0.05) is 0 Å². The van der Waals surface area contributed by atoms with Crippen molar-refractivity contribution in [1.82, 2.24) is 0 Å². The van der Waals surface area contributed by atoms with E-state index in [0.717, 1.165) is 0 Å². The van der Waals surface area contributed by atoms with Crippen molar-refractivity contribution in [2.24, 2.45) is 0 Å². The van der Waals surface area contributed by atoms with Gasteiger partial charge in [0.05, 0.1) is 0 Å². The Morgan fingerprint density at radius 2 is 1.36 bits per heavy atom. The number of hydrogen-bond donors (Lipinski definition) is 0. The fourth-order valence-corrected chi connectivity index (χ4v) is 16.9. The van der Waals surface area contributed by atoms with Crippen LogP contribution in [-0.2, 0) is 9.53 Å². The first-order valence-electron chi connectivity index (χ1n) is 9.16. The summed E-state index contributed by atoms with van der Waals surface area (Å²) in [7, 11) is 0. The van der Waals surface area contributed by atoms with Crippen LogP contribution in [0.3, 0.4) is 0 Å². The van der Waals surface area contributed by atoms with Crippen molar-refractivity contribution in [3.8, 4) is 0 Å². The molecule has 2 nitrogen and oxygen atoms in total. The third kappa shape index (κ3) is 10.5. The van der Waals surface area contributed by atoms with Gasteiger partial charge < -0.3 is 0 Å². The Morgan fingerprint density at radius 1 is 0.864 bits per heavy atom. The zero-order chi connectivity index (χ0) is 16.7. The summed E-state index contributed by atoms with van der Waals surface area (Å²) in [6.45, 7) is 9.16. The average molecular weight is 415 g/mol. The Labute approximate surface area is 142 Å². The van der Waals surface area contributed by atoms with Crippen molar-refractivity contribution in [1.29, 1.82) is 0 Å². The Bertz CT molecular complexity index is 313. The van der Waals surface area contributed by atoms with Gasteiger partial charge in [-0.2, -0.15) is 0 Å². The fraction of sp³-hybridized carbons (Fsp3) is 0.737. The summed E-state index contributed by atoms with van der Waals surface area (Å²) in [5.41, 5.74) is 0. The first-order valence-corrected chi connectivity index (χ1v) is 16.9. The number of unbranched alkanes of at least 4 members (excludes halogenated alkanes) is 3. The van der Waals surface area contributed by atoms with Crippen molar-refractivity contribution in [3.63, 3.8) is 0 Å². The number of allylic oxidation sites excluding steroid dienone is 2. The molecule has 0 saturated carbocycles. The first-order chi connectivity index (χ1) is 10.6. The molecule has 0 radical (unpaired) electrons. The standard InChI is InChI=1S/C7H9O2.3C4H9.Sn/c1-3-5-6-7(8)9-4-2;3*1-3-4-2;/h1,3,5-6H,4H2,2H3;3*1,3-4H2,2H3;. The summed E-state index contributed by atoms with van der Waals surface area (Å²) in [6, 6.07) is 0. The monoisotopic (exact) mass is 416 g/mol. The molecule has 0 unspecified atom stereocenters. The van der Waals surface area contributed by atoms with Crippen molar-refractivity contribution < 1.29 is 9.53 Å². The van der Waals surface area contributed by atoms with Crippen molar-refractivity contribution >= 4 is 24.3 Å². The normalized spacial score (nSPS) is 12.4. The Balaban J connectivity index is 4.86. The number of ether oxygens (including phenoxy) is 1. The zero-order valence-electron chi connectivity index (χ0n) is 15.2. The number of carbonyl (C=O) groups is 1. The van der Waals surface area contributed by atoms with Crippen LogP contribution in [0.2, 0.25) is 13.3 Å². The molecule has 0 aliphatic heterocycles. The van der Waals surface area contributed by atoms with Gasteiger partial charge in [0, 0.05) is 0 Å². The Kier molecular flexibility index (Phi) is 14.2. The second-order valence-electron chi connectivity index (χ2n) is 6.14. The summed E-state index contributed by atoms with van der Waals surface area (Å²) < 4.78 is 11.9. The van der Waals surface area contributed by atoms with Crippen molar-refractivity contribution in [3.05, 3.63) is 22.3 Å². The van der Waals surface area contributed by atoms with Gasteiger partial charge in [0.2, 0.25) is 0 Å². The molecule has 0 N–H and O–H groups in total. The summed E-state index contributed by atoms with van der Waals surface area (Å²) >= 11 is -2.17. The van der Waals surface area contributed by atoms with Crippen LogP contribution in [0.4, 0.5) is 0 Å². The second kappa shape index (κ2) is 14.3. The molecule has 0 aromatic heterocycles. The van der Waals surface area contributed by atoms with Gasteiger partial charge in [-0.05, 0) is 0 Å². The molecular weight excluding hydrogens is 379 g/mol. The summed E-state index contributed by atoms with van der Waals surface area (Å²) in [5.74, 6) is -0.233. The van der Waals surface area contributed by atoms with Gasteiger partial charge in [-0.25, -0.2) is 0 Å². The first kappa shape index (κ1) is 21.7. The second-order valence-corrected chi connectivity index (χ2v) is 19.2. The van der Waals surface area contributed by atoms with Gasteiger partial charge in [0.15, 0.2) is 0 Å². The molecule has 0 aromatic carbocycles. The van der Waals surface area contributed by atoms with Crippen molar-refractivity contribution in [2.75, 3.05) is 6.61 Å². The van der Waals surface area contributed by atoms with E-state index in [9.17, 15) is 4.79 Å². The molecule has 0 atom stereocenters. The third-order valence-corrected chi connectivity index (χ3v) is 18.3. The molecule has 128 valence electrons. The van der Waals surface area contributed by atoms with Crippen LogP contribution in [0.1, 0.15) is 66.2 Å². The molecule has 3 heteroatoms. The SMILES string of the molecule is CCC[CH2][Sn]([CH]=CC=CC(=O)OCC)([CH2]CCC)[CH2]CCC. The minimum absolute atomic E-state index is 0.233. The maximum absolute atomic E-state index is 11.4. The summed E-state index contributed by atoms with van der Waals surface area (Å²) in [4.78, 5) is 11.4. The van der Waals surface area contributed by atoms with Gasteiger partial charge in [0.1, 0.15) is 0 Å². The van der Waals surface area contributed by atoms with E-state index >= 15 is 0 Å². The van der Waals surface area contributed by atoms with Crippen LogP contribution >= 0.6 is 0 Å². The van der Waals surface area contributed by atoms with Crippen LogP contribution in [0.5, 0.6) is 0 Å². The number of esters is 1. The van der Waals surface area contributed by atoms with Crippen LogP contribution in [0.15, 0.2) is 22.3 Å². The number of rotatable bonds is 13. The molecular formula is C19H36O2Sn. The van der Waals surface area contributed by atoms with E-state index in [0.29, 0.717) is 6.61 Å². The molecule has 0 aromatic rings. The van der Waals surface area contributed by atoms with E-state index in [-0.39, 0.29) is 5.97 Å². The molecule has 0 aliphatic rings. The minimum atomic E-state index is -2.17. The van der Waals surface area contributed by atoms with E-state index in [4.69, 9.17) is 4.74 Å². The van der Waals surface area contributed by atoms with Gasteiger partial charge >= 0.3 is 142 Å². The van der Waals surface area contributed by atoms with Crippen LogP contribution < -0.4 is 0 Å². The third-order valence-electron chi connectivity index (χ3n) is 4.16. The van der Waals surface area contributed by atoms with Gasteiger partial charge in [-0.3, -0.25) is 0 Å². The molecule has 0 spiro atoms. The molecule has 0 saturated heterocycles. The quantitative estimate of drug-likeness (QED) is 0.158. The maximum atomic E-state index is 11.4. The van der Waals surface area contributed by atoms with E-state index in [1.54, 1.807) is 6.08 Å². The predicted octanol–water partition coefficient (Wildman–Crippen LogP) is 6.05. The molecule has 0 rings (SSSR count). The predicted molar refractivity (Wildman–Crippen MR) is 99.8 cm³/mol. The number of carbonyl (C=O) groups excluding carboxylic acids is 1. The van der Waals surface area contributed by atoms with Crippen LogP contribution in [0, 0.1) is 0 Å². The van der Waals surface area contributed by atoms with E-state index in [2.05, 4.69) is 30.9 Å². The number of hydrogen-bond acceptors (Lipinski definition) is 2.